The van der Waals surface area contributed by atoms with Gasteiger partial charge in [-0.2, -0.15) is 13.2 Å². The van der Waals surface area contributed by atoms with Crippen LogP contribution in [0, 0.1) is 0 Å². The van der Waals surface area contributed by atoms with Crippen molar-refractivity contribution in [2.24, 2.45) is 0 Å². The molecule has 1 aromatic rings. The van der Waals surface area contributed by atoms with Crippen molar-refractivity contribution in [2.75, 3.05) is 13.2 Å². The van der Waals surface area contributed by atoms with Crippen LogP contribution in [0.15, 0.2) is 16.7 Å². The third-order valence-corrected chi connectivity index (χ3v) is 2.34. The summed E-state index contributed by atoms with van der Waals surface area (Å²) in [7, 11) is 0. The van der Waals surface area contributed by atoms with E-state index in [4.69, 9.17) is 9.15 Å². The van der Waals surface area contributed by atoms with E-state index in [1.807, 2.05) is 0 Å². The zero-order valence-corrected chi connectivity index (χ0v) is 10.3. The molecule has 1 heterocycles. The fraction of sp³-hybridized carbons (Fsp3) is 0.667. The van der Waals surface area contributed by atoms with E-state index in [1.165, 1.54) is 6.26 Å². The molecule has 1 rings (SSSR count). The van der Waals surface area contributed by atoms with Gasteiger partial charge in [-0.3, -0.25) is 0 Å². The van der Waals surface area contributed by atoms with Crippen LogP contribution in [0.2, 0.25) is 0 Å². The van der Waals surface area contributed by atoms with Gasteiger partial charge in [-0.1, -0.05) is 6.92 Å². The van der Waals surface area contributed by atoms with Crippen molar-refractivity contribution >= 4 is 0 Å². The molecule has 0 bridgehead atoms. The summed E-state index contributed by atoms with van der Waals surface area (Å²) in [4.78, 5) is 0. The van der Waals surface area contributed by atoms with Gasteiger partial charge >= 0.3 is 6.18 Å². The predicted octanol–water partition coefficient (Wildman–Crippen LogP) is 3.25. The van der Waals surface area contributed by atoms with Gasteiger partial charge in [0.15, 0.2) is 0 Å². The van der Waals surface area contributed by atoms with Crippen LogP contribution in [0.25, 0.3) is 0 Å². The fourth-order valence-electron chi connectivity index (χ4n) is 1.40. The maximum absolute atomic E-state index is 11.9. The Morgan fingerprint density at radius 2 is 2.17 bits per heavy atom. The lowest BCUT2D eigenvalue weighted by Crippen LogP contribution is -2.15. The van der Waals surface area contributed by atoms with E-state index in [9.17, 15) is 13.2 Å². The van der Waals surface area contributed by atoms with Crippen LogP contribution in [0.5, 0.6) is 0 Å². The molecule has 0 unspecified atom stereocenters. The third-order valence-electron chi connectivity index (χ3n) is 2.34. The highest BCUT2D eigenvalue weighted by molar-refractivity contribution is 5.15. The Bertz CT molecular complexity index is 336. The van der Waals surface area contributed by atoms with Crippen LogP contribution < -0.4 is 5.32 Å². The molecule has 0 aliphatic rings. The number of furan rings is 1. The summed E-state index contributed by atoms with van der Waals surface area (Å²) in [6.07, 6.45) is -2.56. The molecule has 6 heteroatoms. The first kappa shape index (κ1) is 15.0. The quantitative estimate of drug-likeness (QED) is 0.733. The number of hydrogen-bond donors (Lipinski definition) is 1. The van der Waals surface area contributed by atoms with E-state index in [0.29, 0.717) is 6.54 Å². The predicted molar refractivity (Wildman–Crippen MR) is 61.0 cm³/mol. The van der Waals surface area contributed by atoms with Crippen LogP contribution in [-0.2, 0) is 17.9 Å². The summed E-state index contributed by atoms with van der Waals surface area (Å²) < 4.78 is 45.9. The molecule has 0 radical (unpaired) electrons. The van der Waals surface area contributed by atoms with Gasteiger partial charge in [0.25, 0.3) is 0 Å². The van der Waals surface area contributed by atoms with E-state index in [1.54, 1.807) is 6.07 Å². The molecule has 0 aliphatic carbocycles. The zero-order chi connectivity index (χ0) is 13.4. The summed E-state index contributed by atoms with van der Waals surface area (Å²) in [6.45, 7) is 3.32. The summed E-state index contributed by atoms with van der Waals surface area (Å²) in [5, 5.41) is 3.16. The van der Waals surface area contributed by atoms with E-state index < -0.39 is 12.6 Å². The molecule has 0 saturated carbocycles. The summed E-state index contributed by atoms with van der Waals surface area (Å²) in [5.74, 6) is 0.718. The molecule has 3 nitrogen and oxygen atoms in total. The molecule has 0 fully saturated rings. The lowest BCUT2D eigenvalue weighted by atomic mass is 10.2. The molecular weight excluding hydrogens is 247 g/mol. The standard InChI is InChI=1S/C12H18F3NO2/c1-2-5-16-8-11-10(3-6-18-11)9-17-7-4-12(13,14)15/h3,6,16H,2,4-5,7-9H2,1H3. The zero-order valence-electron chi connectivity index (χ0n) is 10.3. The molecule has 104 valence electrons. The van der Waals surface area contributed by atoms with Crippen LogP contribution in [0.3, 0.4) is 0 Å². The maximum atomic E-state index is 11.9. The summed E-state index contributed by atoms with van der Waals surface area (Å²) in [5.41, 5.74) is 0.792. The first-order chi connectivity index (χ1) is 8.53. The number of halogens is 3. The topological polar surface area (TPSA) is 34.4 Å². The third kappa shape index (κ3) is 6.07. The highest BCUT2D eigenvalue weighted by atomic mass is 19.4. The summed E-state index contributed by atoms with van der Waals surface area (Å²) >= 11 is 0. The highest BCUT2D eigenvalue weighted by Crippen LogP contribution is 2.19. The first-order valence-corrected chi connectivity index (χ1v) is 5.93. The van der Waals surface area contributed by atoms with Crippen molar-refractivity contribution in [1.29, 1.82) is 0 Å². The van der Waals surface area contributed by atoms with Crippen LogP contribution in [0.4, 0.5) is 13.2 Å². The monoisotopic (exact) mass is 265 g/mol. The van der Waals surface area contributed by atoms with E-state index >= 15 is 0 Å². The van der Waals surface area contributed by atoms with Crippen molar-refractivity contribution in [2.45, 2.75) is 39.1 Å². The van der Waals surface area contributed by atoms with Gasteiger partial charge in [-0.15, -0.1) is 0 Å². The lowest BCUT2D eigenvalue weighted by molar-refractivity contribution is -0.146. The number of nitrogens with one attached hydrogen (secondary N) is 1. The minimum absolute atomic E-state index is 0.149. The molecule has 0 saturated heterocycles. The lowest BCUT2D eigenvalue weighted by Gasteiger charge is -2.07. The fourth-order valence-corrected chi connectivity index (χ4v) is 1.40. The number of ether oxygens (including phenoxy) is 1. The van der Waals surface area contributed by atoms with Gasteiger partial charge in [0.05, 0.1) is 32.4 Å². The van der Waals surface area contributed by atoms with Gasteiger partial charge < -0.3 is 14.5 Å². The minimum Gasteiger partial charge on any atom is -0.468 e. The average Bonchev–Trinajstić information content (AvgIpc) is 2.71. The summed E-state index contributed by atoms with van der Waals surface area (Å²) in [6, 6.07) is 1.72. The molecule has 0 atom stereocenters. The van der Waals surface area contributed by atoms with Crippen molar-refractivity contribution in [3.63, 3.8) is 0 Å². The number of rotatable bonds is 8. The maximum Gasteiger partial charge on any atom is 0.391 e. The highest BCUT2D eigenvalue weighted by Gasteiger charge is 2.26. The van der Waals surface area contributed by atoms with Gasteiger partial charge in [-0.25, -0.2) is 0 Å². The Labute approximate surface area is 104 Å². The smallest absolute Gasteiger partial charge is 0.391 e. The Morgan fingerprint density at radius 3 is 2.83 bits per heavy atom. The van der Waals surface area contributed by atoms with E-state index in [0.717, 1.165) is 24.3 Å². The van der Waals surface area contributed by atoms with E-state index in [-0.39, 0.29) is 13.2 Å². The molecule has 0 spiro atoms. The molecule has 1 aromatic heterocycles. The van der Waals surface area contributed by atoms with Gasteiger partial charge in [0, 0.05) is 5.56 Å². The van der Waals surface area contributed by atoms with Crippen molar-refractivity contribution in [3.8, 4) is 0 Å². The van der Waals surface area contributed by atoms with Gasteiger partial charge in [-0.05, 0) is 19.0 Å². The van der Waals surface area contributed by atoms with Crippen molar-refractivity contribution in [1.82, 2.24) is 5.32 Å². The van der Waals surface area contributed by atoms with Crippen molar-refractivity contribution < 1.29 is 22.3 Å². The minimum atomic E-state index is -4.16. The molecule has 0 amide bonds. The SMILES string of the molecule is CCCNCc1occc1COCCC(F)(F)F. The molecule has 18 heavy (non-hydrogen) atoms. The molecule has 0 aromatic carbocycles. The number of alkyl halides is 3. The Hall–Kier alpha value is -1.01. The van der Waals surface area contributed by atoms with Crippen LogP contribution in [-0.4, -0.2) is 19.3 Å². The average molecular weight is 265 g/mol. The van der Waals surface area contributed by atoms with Gasteiger partial charge in [0.1, 0.15) is 5.76 Å². The van der Waals surface area contributed by atoms with Gasteiger partial charge in [0.2, 0.25) is 0 Å². The molecular formula is C12H18F3NO2. The molecule has 0 aliphatic heterocycles. The van der Waals surface area contributed by atoms with Crippen LogP contribution in [0.1, 0.15) is 31.1 Å². The second-order valence-corrected chi connectivity index (χ2v) is 3.96. The Kier molecular flexibility index (Phi) is 6.21. The molecule has 1 N–H and O–H groups in total. The van der Waals surface area contributed by atoms with E-state index in [2.05, 4.69) is 12.2 Å². The Morgan fingerprint density at radius 1 is 1.39 bits per heavy atom. The normalized spacial score (nSPS) is 12.0. The second-order valence-electron chi connectivity index (χ2n) is 3.96. The van der Waals surface area contributed by atoms with Crippen LogP contribution >= 0.6 is 0 Å². The Balaban J connectivity index is 2.27. The number of hydrogen-bond acceptors (Lipinski definition) is 3. The largest absolute Gasteiger partial charge is 0.468 e. The first-order valence-electron chi connectivity index (χ1n) is 5.93. The van der Waals surface area contributed by atoms with Crippen molar-refractivity contribution in [3.05, 3.63) is 23.7 Å². The second kappa shape index (κ2) is 7.43.